The quantitative estimate of drug-likeness (QED) is 0.734. The van der Waals surface area contributed by atoms with E-state index in [0.29, 0.717) is 12.0 Å². The zero-order valence-corrected chi connectivity index (χ0v) is 10.6. The number of aromatic nitrogens is 2. The molecule has 2 rings (SSSR count). The van der Waals surface area contributed by atoms with Crippen molar-refractivity contribution in [3.05, 3.63) is 32.6 Å². The molecule has 2 N–H and O–H groups in total. The van der Waals surface area contributed by atoms with Crippen LogP contribution < -0.4 is 11.2 Å². The number of aryl methyl sites for hydroxylation is 1. The molecule has 0 saturated carbocycles. The molecule has 1 aliphatic heterocycles. The zero-order valence-electron chi connectivity index (χ0n) is 10.6. The molecule has 0 amide bonds. The Labute approximate surface area is 104 Å². The van der Waals surface area contributed by atoms with E-state index in [-0.39, 0.29) is 6.04 Å². The van der Waals surface area contributed by atoms with Crippen molar-refractivity contribution >= 4 is 0 Å². The molecule has 0 aromatic carbocycles. The molecule has 2 heterocycles. The highest BCUT2D eigenvalue weighted by Gasteiger charge is 2.35. The summed E-state index contributed by atoms with van der Waals surface area (Å²) in [5.41, 5.74) is -0.453. The summed E-state index contributed by atoms with van der Waals surface area (Å²) in [6.07, 6.45) is 0.904. The Kier molecular flexibility index (Phi) is 3.38. The fourth-order valence-electron chi connectivity index (χ4n) is 2.13. The van der Waals surface area contributed by atoms with Crippen molar-refractivity contribution in [1.29, 1.82) is 0 Å². The van der Waals surface area contributed by atoms with E-state index < -0.39 is 23.6 Å². The minimum atomic E-state index is -0.556. The second-order valence-electron chi connectivity index (χ2n) is 4.63. The Morgan fingerprint density at radius 3 is 2.78 bits per heavy atom. The molecule has 0 unspecified atom stereocenters. The minimum Gasteiger partial charge on any atom is -0.392 e. The van der Waals surface area contributed by atoms with Gasteiger partial charge in [0.15, 0.2) is 6.23 Å². The summed E-state index contributed by atoms with van der Waals surface area (Å²) in [5, 5.41) is 11.1. The van der Waals surface area contributed by atoms with Crippen molar-refractivity contribution in [3.63, 3.8) is 0 Å². The Morgan fingerprint density at radius 1 is 1.56 bits per heavy atom. The van der Waals surface area contributed by atoms with Crippen LogP contribution in [0.4, 0.5) is 0 Å². The third-order valence-corrected chi connectivity index (χ3v) is 3.21. The van der Waals surface area contributed by atoms with Gasteiger partial charge in [-0.15, -0.1) is 0 Å². The first kappa shape index (κ1) is 13.0. The molecular weight excluding hydrogens is 238 g/mol. The van der Waals surface area contributed by atoms with Gasteiger partial charge in [-0.25, -0.2) is 4.79 Å². The minimum absolute atomic E-state index is 0.172. The highest BCUT2D eigenvalue weighted by Crippen LogP contribution is 2.28. The van der Waals surface area contributed by atoms with Crippen LogP contribution in [0.1, 0.15) is 25.1 Å². The first-order valence-electron chi connectivity index (χ1n) is 5.80. The fraction of sp³-hybridized carbons (Fsp3) is 0.636. The van der Waals surface area contributed by atoms with Gasteiger partial charge in [-0.2, -0.15) is 5.06 Å². The number of nitrogens with one attached hydrogen (secondary N) is 1. The van der Waals surface area contributed by atoms with Gasteiger partial charge in [0.2, 0.25) is 0 Å². The van der Waals surface area contributed by atoms with E-state index in [1.165, 1.54) is 10.8 Å². The summed E-state index contributed by atoms with van der Waals surface area (Å²) >= 11 is 0. The summed E-state index contributed by atoms with van der Waals surface area (Å²) < 4.78 is 1.34. The lowest BCUT2D eigenvalue weighted by molar-refractivity contribution is -0.176. The molecule has 0 spiro atoms. The Morgan fingerprint density at radius 2 is 2.22 bits per heavy atom. The molecule has 0 radical (unpaired) electrons. The number of rotatable bonds is 2. The summed E-state index contributed by atoms with van der Waals surface area (Å²) in [6.45, 7) is 3.30. The van der Waals surface area contributed by atoms with Crippen molar-refractivity contribution in [1.82, 2.24) is 14.6 Å². The number of likely N-dealkylation sites (N-methyl/N-ethyl adjacent to an activating group) is 1. The first-order valence-corrected chi connectivity index (χ1v) is 5.80. The van der Waals surface area contributed by atoms with E-state index >= 15 is 0 Å². The van der Waals surface area contributed by atoms with Crippen molar-refractivity contribution in [2.24, 2.45) is 0 Å². The largest absolute Gasteiger partial charge is 0.392 e. The molecular formula is C11H17N3O4. The standard InChI is InChI=1S/C11H17N3O4/c1-6-5-14(11(17)12-10(6)16)9-4-8(7(2)15)13(3)18-9/h5,7-9,15H,4H2,1-3H3,(H,12,16,17)/t7-,8-,9+/m0/s1. The number of aliphatic hydroxyl groups excluding tert-OH is 1. The van der Waals surface area contributed by atoms with Crippen LogP contribution >= 0.6 is 0 Å². The lowest BCUT2D eigenvalue weighted by Crippen LogP contribution is -2.33. The van der Waals surface area contributed by atoms with Crippen molar-refractivity contribution in [2.45, 2.75) is 38.6 Å². The van der Waals surface area contributed by atoms with Crippen LogP contribution in [-0.4, -0.2) is 38.9 Å². The molecule has 1 aromatic heterocycles. The third kappa shape index (κ3) is 2.24. The lowest BCUT2D eigenvalue weighted by atomic mass is 10.1. The maximum absolute atomic E-state index is 11.7. The van der Waals surface area contributed by atoms with Crippen LogP contribution in [0.15, 0.2) is 15.8 Å². The van der Waals surface area contributed by atoms with E-state index in [9.17, 15) is 14.7 Å². The SMILES string of the molecule is Cc1cn([C@H]2C[C@@H]([C@H](C)O)N(C)O2)c(=O)[nH]c1=O. The third-order valence-electron chi connectivity index (χ3n) is 3.21. The van der Waals surface area contributed by atoms with Crippen molar-refractivity contribution in [2.75, 3.05) is 7.05 Å². The van der Waals surface area contributed by atoms with Crippen LogP contribution in [0.25, 0.3) is 0 Å². The molecule has 0 aliphatic carbocycles. The average molecular weight is 255 g/mol. The van der Waals surface area contributed by atoms with Gasteiger partial charge in [-0.1, -0.05) is 0 Å². The van der Waals surface area contributed by atoms with E-state index in [0.717, 1.165) is 0 Å². The molecule has 1 aliphatic rings. The molecule has 1 aromatic rings. The molecule has 100 valence electrons. The summed E-state index contributed by atoms with van der Waals surface area (Å²) in [4.78, 5) is 30.7. The van der Waals surface area contributed by atoms with Gasteiger partial charge < -0.3 is 5.11 Å². The van der Waals surface area contributed by atoms with Crippen molar-refractivity contribution in [3.8, 4) is 0 Å². The van der Waals surface area contributed by atoms with Crippen LogP contribution in [0.5, 0.6) is 0 Å². The van der Waals surface area contributed by atoms with Gasteiger partial charge in [0, 0.05) is 25.2 Å². The summed E-state index contributed by atoms with van der Waals surface area (Å²) in [6, 6.07) is -0.172. The number of hydrogen-bond acceptors (Lipinski definition) is 5. The summed E-state index contributed by atoms with van der Waals surface area (Å²) in [5.74, 6) is 0. The van der Waals surface area contributed by atoms with Crippen LogP contribution in [0, 0.1) is 6.92 Å². The van der Waals surface area contributed by atoms with Gasteiger partial charge in [0.1, 0.15) is 0 Å². The van der Waals surface area contributed by atoms with E-state index in [2.05, 4.69) is 4.98 Å². The van der Waals surface area contributed by atoms with Gasteiger partial charge in [-0.3, -0.25) is 19.2 Å². The monoisotopic (exact) mass is 255 g/mol. The topological polar surface area (TPSA) is 87.6 Å². The maximum atomic E-state index is 11.7. The molecule has 1 fully saturated rings. The predicted octanol–water partition coefficient (Wildman–Crippen LogP) is -0.640. The van der Waals surface area contributed by atoms with E-state index in [4.69, 9.17) is 4.84 Å². The Hall–Kier alpha value is -1.44. The van der Waals surface area contributed by atoms with Crippen LogP contribution in [-0.2, 0) is 4.84 Å². The predicted molar refractivity (Wildman–Crippen MR) is 64.0 cm³/mol. The number of H-pyrrole nitrogens is 1. The second-order valence-corrected chi connectivity index (χ2v) is 4.63. The molecule has 3 atom stereocenters. The number of aliphatic hydroxyl groups is 1. The van der Waals surface area contributed by atoms with E-state index in [1.807, 2.05) is 0 Å². The van der Waals surface area contributed by atoms with Gasteiger partial charge in [-0.05, 0) is 13.8 Å². The van der Waals surface area contributed by atoms with E-state index in [1.54, 1.807) is 26.0 Å². The van der Waals surface area contributed by atoms with Crippen molar-refractivity contribution < 1.29 is 9.94 Å². The molecule has 1 saturated heterocycles. The number of aromatic amines is 1. The number of nitrogens with zero attached hydrogens (tertiary/aromatic N) is 2. The zero-order chi connectivity index (χ0) is 13.4. The van der Waals surface area contributed by atoms with Gasteiger partial charge in [0.25, 0.3) is 5.56 Å². The molecule has 7 nitrogen and oxygen atoms in total. The molecule has 7 heteroatoms. The fourth-order valence-corrected chi connectivity index (χ4v) is 2.13. The Balaban J connectivity index is 2.32. The Bertz CT molecular complexity index is 548. The average Bonchev–Trinajstić information content (AvgIpc) is 2.65. The first-order chi connectivity index (χ1) is 8.40. The summed E-state index contributed by atoms with van der Waals surface area (Å²) in [7, 11) is 1.71. The van der Waals surface area contributed by atoms with Gasteiger partial charge >= 0.3 is 5.69 Å². The number of hydrogen-bond donors (Lipinski definition) is 2. The smallest absolute Gasteiger partial charge is 0.330 e. The molecule has 18 heavy (non-hydrogen) atoms. The lowest BCUT2D eigenvalue weighted by Gasteiger charge is -2.19. The maximum Gasteiger partial charge on any atom is 0.330 e. The van der Waals surface area contributed by atoms with Crippen LogP contribution in [0.3, 0.4) is 0 Å². The second kappa shape index (κ2) is 4.68. The van der Waals surface area contributed by atoms with Gasteiger partial charge in [0.05, 0.1) is 12.1 Å². The molecule has 0 bridgehead atoms. The highest BCUT2D eigenvalue weighted by molar-refractivity contribution is 5.01. The number of hydroxylamine groups is 2. The normalized spacial score (nSPS) is 26.4. The van der Waals surface area contributed by atoms with Crippen LogP contribution in [0.2, 0.25) is 0 Å². The highest BCUT2D eigenvalue weighted by atomic mass is 16.7.